The number of amides is 1. The average Bonchev–Trinajstić information content (AvgIpc) is 2.69. The van der Waals surface area contributed by atoms with Gasteiger partial charge in [0.1, 0.15) is 0 Å². The lowest BCUT2D eigenvalue weighted by molar-refractivity contribution is 0.0951. The summed E-state index contributed by atoms with van der Waals surface area (Å²) in [6.07, 6.45) is 0. The van der Waals surface area contributed by atoms with E-state index >= 15 is 0 Å². The number of rotatable bonds is 6. The fraction of sp³-hybridized carbons (Fsp3) is 0.174. The third kappa shape index (κ3) is 5.03. The molecule has 0 aromatic heterocycles. The molecule has 0 unspecified atom stereocenters. The van der Waals surface area contributed by atoms with E-state index in [1.807, 2.05) is 38.1 Å². The first-order valence-corrected chi connectivity index (χ1v) is 10.8. The normalized spacial score (nSPS) is 11.1. The van der Waals surface area contributed by atoms with Crippen LogP contribution in [0.1, 0.15) is 32.6 Å². The number of hydrogen-bond acceptors (Lipinski definition) is 3. The van der Waals surface area contributed by atoms with Crippen molar-refractivity contribution in [1.82, 2.24) is 5.32 Å². The van der Waals surface area contributed by atoms with Crippen LogP contribution in [0.15, 0.2) is 71.6 Å². The predicted octanol–water partition coefficient (Wildman–Crippen LogP) is 4.34. The van der Waals surface area contributed by atoms with Crippen molar-refractivity contribution in [2.45, 2.75) is 32.2 Å². The molecule has 150 valence electrons. The Morgan fingerprint density at radius 3 is 2.21 bits per heavy atom. The minimum Gasteiger partial charge on any atom is -0.348 e. The lowest BCUT2D eigenvalue weighted by atomic mass is 10.1. The molecular formula is C23H24N2O3S. The van der Waals surface area contributed by atoms with E-state index in [4.69, 9.17) is 0 Å². The van der Waals surface area contributed by atoms with Crippen LogP contribution in [0.25, 0.3) is 0 Å². The molecule has 2 N–H and O–H groups in total. The lowest BCUT2D eigenvalue weighted by Gasteiger charge is -2.13. The van der Waals surface area contributed by atoms with Crippen LogP contribution in [0.3, 0.4) is 0 Å². The summed E-state index contributed by atoms with van der Waals surface area (Å²) in [5.74, 6) is -0.204. The maximum atomic E-state index is 12.6. The van der Waals surface area contributed by atoms with Gasteiger partial charge in [0, 0.05) is 12.1 Å². The zero-order chi connectivity index (χ0) is 21.0. The van der Waals surface area contributed by atoms with Gasteiger partial charge in [0.05, 0.1) is 10.6 Å². The molecule has 0 aliphatic rings. The highest BCUT2D eigenvalue weighted by atomic mass is 32.2. The van der Waals surface area contributed by atoms with Gasteiger partial charge < -0.3 is 5.32 Å². The van der Waals surface area contributed by atoms with Crippen LogP contribution in [0, 0.1) is 20.8 Å². The van der Waals surface area contributed by atoms with Crippen LogP contribution in [0.5, 0.6) is 0 Å². The first-order valence-electron chi connectivity index (χ1n) is 9.29. The van der Waals surface area contributed by atoms with E-state index in [2.05, 4.69) is 10.0 Å². The summed E-state index contributed by atoms with van der Waals surface area (Å²) in [5.41, 5.74) is 4.76. The van der Waals surface area contributed by atoms with Gasteiger partial charge in [-0.25, -0.2) is 8.42 Å². The van der Waals surface area contributed by atoms with Gasteiger partial charge in [-0.05, 0) is 67.8 Å². The van der Waals surface area contributed by atoms with Gasteiger partial charge in [-0.2, -0.15) is 0 Å². The van der Waals surface area contributed by atoms with Crippen molar-refractivity contribution in [3.63, 3.8) is 0 Å². The van der Waals surface area contributed by atoms with E-state index in [1.165, 1.54) is 0 Å². The molecule has 0 fully saturated rings. The van der Waals surface area contributed by atoms with Gasteiger partial charge in [0.15, 0.2) is 0 Å². The van der Waals surface area contributed by atoms with Crippen LogP contribution in [0.2, 0.25) is 0 Å². The number of nitrogens with one attached hydrogen (secondary N) is 2. The molecule has 0 radical (unpaired) electrons. The highest BCUT2D eigenvalue weighted by molar-refractivity contribution is 7.92. The lowest BCUT2D eigenvalue weighted by Crippen LogP contribution is -2.23. The van der Waals surface area contributed by atoms with E-state index in [9.17, 15) is 13.2 Å². The van der Waals surface area contributed by atoms with Crippen molar-refractivity contribution in [1.29, 1.82) is 0 Å². The van der Waals surface area contributed by atoms with Crippen LogP contribution >= 0.6 is 0 Å². The second-order valence-corrected chi connectivity index (χ2v) is 8.74. The van der Waals surface area contributed by atoms with Gasteiger partial charge in [0.25, 0.3) is 15.9 Å². The summed E-state index contributed by atoms with van der Waals surface area (Å²) in [5, 5.41) is 2.90. The standard InChI is InChI=1S/C23H24N2O3S/c1-16-8-11-21(12-9-16)29(27,28)25-22-13-10-19(14-18(22)3)23(26)24-15-20-7-5-4-6-17(20)2/h4-14,25H,15H2,1-3H3,(H,24,26). The third-order valence-electron chi connectivity index (χ3n) is 4.76. The monoisotopic (exact) mass is 408 g/mol. The maximum absolute atomic E-state index is 12.6. The topological polar surface area (TPSA) is 75.3 Å². The fourth-order valence-electron chi connectivity index (χ4n) is 2.93. The van der Waals surface area contributed by atoms with E-state index in [0.29, 0.717) is 23.4 Å². The largest absolute Gasteiger partial charge is 0.348 e. The van der Waals surface area contributed by atoms with Crippen molar-refractivity contribution < 1.29 is 13.2 Å². The molecule has 0 saturated carbocycles. The molecule has 0 bridgehead atoms. The van der Waals surface area contributed by atoms with Crippen molar-refractivity contribution in [2.75, 3.05) is 4.72 Å². The Labute approximate surface area is 171 Å². The van der Waals surface area contributed by atoms with Crippen molar-refractivity contribution in [2.24, 2.45) is 0 Å². The summed E-state index contributed by atoms with van der Waals surface area (Å²) in [6, 6.07) is 19.4. The summed E-state index contributed by atoms with van der Waals surface area (Å²) < 4.78 is 27.8. The van der Waals surface area contributed by atoms with Crippen molar-refractivity contribution in [3.8, 4) is 0 Å². The molecule has 0 spiro atoms. The van der Waals surface area contributed by atoms with Crippen LogP contribution in [-0.2, 0) is 16.6 Å². The first kappa shape index (κ1) is 20.6. The summed E-state index contributed by atoms with van der Waals surface area (Å²) in [4.78, 5) is 12.7. The zero-order valence-electron chi connectivity index (χ0n) is 16.7. The van der Waals surface area contributed by atoms with E-state index in [0.717, 1.165) is 16.7 Å². The molecule has 3 aromatic rings. The number of anilines is 1. The van der Waals surface area contributed by atoms with E-state index < -0.39 is 10.0 Å². The Morgan fingerprint density at radius 2 is 1.55 bits per heavy atom. The minimum absolute atomic E-state index is 0.197. The van der Waals surface area contributed by atoms with Crippen molar-refractivity contribution in [3.05, 3.63) is 94.5 Å². The first-order chi connectivity index (χ1) is 13.8. The Kier molecular flexibility index (Phi) is 6.03. The second-order valence-electron chi connectivity index (χ2n) is 7.06. The number of carbonyl (C=O) groups excluding carboxylic acids is 1. The predicted molar refractivity (Wildman–Crippen MR) is 116 cm³/mol. The molecule has 5 nitrogen and oxygen atoms in total. The van der Waals surface area contributed by atoms with Gasteiger partial charge >= 0.3 is 0 Å². The molecule has 6 heteroatoms. The SMILES string of the molecule is Cc1ccc(S(=O)(=O)Nc2ccc(C(=O)NCc3ccccc3C)cc2C)cc1. The Balaban J connectivity index is 1.72. The molecule has 0 atom stereocenters. The van der Waals surface area contributed by atoms with Crippen LogP contribution in [-0.4, -0.2) is 14.3 Å². The van der Waals surface area contributed by atoms with E-state index in [1.54, 1.807) is 49.4 Å². The Bertz CT molecular complexity index is 1140. The molecule has 29 heavy (non-hydrogen) atoms. The molecule has 0 aliphatic carbocycles. The smallest absolute Gasteiger partial charge is 0.261 e. The second kappa shape index (κ2) is 8.49. The molecule has 0 heterocycles. The Hall–Kier alpha value is -3.12. The summed E-state index contributed by atoms with van der Waals surface area (Å²) in [7, 11) is -3.69. The van der Waals surface area contributed by atoms with Gasteiger partial charge in [-0.1, -0.05) is 42.0 Å². The maximum Gasteiger partial charge on any atom is 0.261 e. The summed E-state index contributed by atoms with van der Waals surface area (Å²) in [6.45, 7) is 6.11. The fourth-order valence-corrected chi connectivity index (χ4v) is 4.06. The third-order valence-corrected chi connectivity index (χ3v) is 6.15. The number of aryl methyl sites for hydroxylation is 3. The number of hydrogen-bond donors (Lipinski definition) is 2. The van der Waals surface area contributed by atoms with Gasteiger partial charge in [0.2, 0.25) is 0 Å². The highest BCUT2D eigenvalue weighted by Gasteiger charge is 2.16. The quantitative estimate of drug-likeness (QED) is 0.637. The van der Waals surface area contributed by atoms with E-state index in [-0.39, 0.29) is 10.8 Å². The van der Waals surface area contributed by atoms with Gasteiger partial charge in [-0.15, -0.1) is 0 Å². The zero-order valence-corrected chi connectivity index (χ0v) is 17.5. The molecular weight excluding hydrogens is 384 g/mol. The summed E-state index contributed by atoms with van der Waals surface area (Å²) >= 11 is 0. The highest BCUT2D eigenvalue weighted by Crippen LogP contribution is 2.21. The average molecular weight is 409 g/mol. The van der Waals surface area contributed by atoms with Gasteiger partial charge in [-0.3, -0.25) is 9.52 Å². The van der Waals surface area contributed by atoms with Crippen LogP contribution in [0.4, 0.5) is 5.69 Å². The molecule has 0 saturated heterocycles. The number of sulfonamides is 1. The number of carbonyl (C=O) groups is 1. The number of benzene rings is 3. The van der Waals surface area contributed by atoms with Crippen molar-refractivity contribution >= 4 is 21.6 Å². The molecule has 0 aliphatic heterocycles. The van der Waals surface area contributed by atoms with Crippen LogP contribution < -0.4 is 10.0 Å². The molecule has 3 rings (SSSR count). The molecule has 3 aromatic carbocycles. The Morgan fingerprint density at radius 1 is 0.862 bits per heavy atom. The minimum atomic E-state index is -3.69. The molecule has 1 amide bonds.